The standard InChI is InChI=1S/C25H29N3O3S/c1-17-5-4-6-21(13-17)28-10-9-27(15-19(28)3)25(30)20-8-7-18(2)22(14-20)26-24(29)23-16-32-12-11-31-23/h4-8,13-14,16,19H,9-12,15H2,1-3H3,(H,26,29). The van der Waals surface area contributed by atoms with E-state index in [1.807, 2.05) is 24.0 Å². The number of anilines is 2. The highest BCUT2D eigenvalue weighted by Gasteiger charge is 2.28. The minimum atomic E-state index is -0.287. The Hall–Kier alpha value is -2.93. The van der Waals surface area contributed by atoms with Gasteiger partial charge in [0.1, 0.15) is 0 Å². The van der Waals surface area contributed by atoms with Crippen molar-refractivity contribution in [2.24, 2.45) is 0 Å². The molecule has 168 valence electrons. The quantitative estimate of drug-likeness (QED) is 0.755. The minimum Gasteiger partial charge on any atom is -0.487 e. The highest BCUT2D eigenvalue weighted by Crippen LogP contribution is 2.24. The Kier molecular flexibility index (Phi) is 6.74. The third-order valence-electron chi connectivity index (χ3n) is 5.85. The van der Waals surface area contributed by atoms with Gasteiger partial charge in [0, 0.05) is 53.8 Å². The van der Waals surface area contributed by atoms with Gasteiger partial charge in [-0.15, -0.1) is 11.8 Å². The Bertz CT molecular complexity index is 1050. The third kappa shape index (κ3) is 4.93. The molecule has 2 aromatic carbocycles. The van der Waals surface area contributed by atoms with E-state index < -0.39 is 0 Å². The Morgan fingerprint density at radius 1 is 1.12 bits per heavy atom. The first kappa shape index (κ1) is 22.3. The first-order valence-corrected chi connectivity index (χ1v) is 12.0. The number of piperazine rings is 1. The molecule has 0 saturated carbocycles. The van der Waals surface area contributed by atoms with Crippen molar-refractivity contribution in [3.8, 4) is 0 Å². The summed E-state index contributed by atoms with van der Waals surface area (Å²) in [6, 6.07) is 14.2. The van der Waals surface area contributed by atoms with E-state index in [4.69, 9.17) is 4.74 Å². The number of thioether (sulfide) groups is 1. The van der Waals surface area contributed by atoms with Crippen LogP contribution < -0.4 is 10.2 Å². The van der Waals surface area contributed by atoms with E-state index in [1.165, 1.54) is 11.3 Å². The van der Waals surface area contributed by atoms with Crippen LogP contribution in [0.2, 0.25) is 0 Å². The summed E-state index contributed by atoms with van der Waals surface area (Å²) in [6.07, 6.45) is 0. The van der Waals surface area contributed by atoms with Gasteiger partial charge in [-0.3, -0.25) is 9.59 Å². The lowest BCUT2D eigenvalue weighted by Gasteiger charge is -2.41. The largest absolute Gasteiger partial charge is 0.487 e. The van der Waals surface area contributed by atoms with Crippen molar-refractivity contribution in [1.29, 1.82) is 0 Å². The third-order valence-corrected chi connectivity index (χ3v) is 6.64. The molecule has 2 aliphatic heterocycles. The smallest absolute Gasteiger partial charge is 0.291 e. The number of carbonyl (C=O) groups is 2. The van der Waals surface area contributed by atoms with Crippen LogP contribution >= 0.6 is 11.8 Å². The minimum absolute atomic E-state index is 0.0140. The summed E-state index contributed by atoms with van der Waals surface area (Å²) in [5.41, 5.74) is 4.54. The van der Waals surface area contributed by atoms with Gasteiger partial charge in [-0.1, -0.05) is 18.2 Å². The van der Waals surface area contributed by atoms with Crippen LogP contribution in [0, 0.1) is 13.8 Å². The molecular weight excluding hydrogens is 422 g/mol. The van der Waals surface area contributed by atoms with Gasteiger partial charge in [0.25, 0.3) is 11.8 Å². The maximum Gasteiger partial charge on any atom is 0.291 e. The van der Waals surface area contributed by atoms with E-state index in [9.17, 15) is 9.59 Å². The lowest BCUT2D eigenvalue weighted by molar-refractivity contribution is -0.116. The van der Waals surface area contributed by atoms with Crippen LogP contribution in [0.5, 0.6) is 0 Å². The van der Waals surface area contributed by atoms with Crippen LogP contribution in [-0.4, -0.2) is 54.8 Å². The van der Waals surface area contributed by atoms with Crippen LogP contribution in [0.25, 0.3) is 0 Å². The second-order valence-corrected chi connectivity index (χ2v) is 9.30. The molecule has 2 heterocycles. The zero-order valence-electron chi connectivity index (χ0n) is 18.8. The number of nitrogens with one attached hydrogen (secondary N) is 1. The number of nitrogens with zero attached hydrogens (tertiary/aromatic N) is 2. The molecule has 1 N–H and O–H groups in total. The molecule has 0 spiro atoms. The van der Waals surface area contributed by atoms with Gasteiger partial charge in [0.2, 0.25) is 0 Å². The van der Waals surface area contributed by atoms with Crippen LogP contribution in [0.15, 0.2) is 53.6 Å². The van der Waals surface area contributed by atoms with Gasteiger partial charge in [-0.2, -0.15) is 0 Å². The average molecular weight is 452 g/mol. The van der Waals surface area contributed by atoms with Crippen molar-refractivity contribution in [3.05, 3.63) is 70.3 Å². The van der Waals surface area contributed by atoms with E-state index in [0.29, 0.717) is 36.7 Å². The van der Waals surface area contributed by atoms with Gasteiger partial charge >= 0.3 is 0 Å². The summed E-state index contributed by atoms with van der Waals surface area (Å²) in [5, 5.41) is 4.63. The van der Waals surface area contributed by atoms with Crippen molar-refractivity contribution in [2.75, 3.05) is 42.2 Å². The van der Waals surface area contributed by atoms with Crippen molar-refractivity contribution >= 4 is 35.0 Å². The number of amides is 2. The fourth-order valence-electron chi connectivity index (χ4n) is 4.08. The molecule has 4 rings (SSSR count). The summed E-state index contributed by atoms with van der Waals surface area (Å²) in [5.74, 6) is 0.860. The number of hydrogen-bond acceptors (Lipinski definition) is 5. The lowest BCUT2D eigenvalue weighted by Crippen LogP contribution is -2.53. The van der Waals surface area contributed by atoms with Crippen LogP contribution in [0.4, 0.5) is 11.4 Å². The van der Waals surface area contributed by atoms with E-state index in [-0.39, 0.29) is 17.9 Å². The Labute approximate surface area is 193 Å². The summed E-state index contributed by atoms with van der Waals surface area (Å²) >= 11 is 1.56. The van der Waals surface area contributed by atoms with Gasteiger partial charge in [0.05, 0.1) is 6.61 Å². The highest BCUT2D eigenvalue weighted by molar-refractivity contribution is 8.02. The molecular formula is C25H29N3O3S. The predicted molar refractivity (Wildman–Crippen MR) is 130 cm³/mol. The van der Waals surface area contributed by atoms with Crippen molar-refractivity contribution < 1.29 is 14.3 Å². The number of hydrogen-bond donors (Lipinski definition) is 1. The fraction of sp³-hybridized carbons (Fsp3) is 0.360. The zero-order valence-corrected chi connectivity index (χ0v) is 19.6. The first-order valence-electron chi connectivity index (χ1n) is 10.9. The van der Waals surface area contributed by atoms with Gasteiger partial charge in [-0.25, -0.2) is 0 Å². The molecule has 2 aliphatic rings. The zero-order chi connectivity index (χ0) is 22.7. The molecule has 1 saturated heterocycles. The average Bonchev–Trinajstić information content (AvgIpc) is 2.80. The molecule has 1 fully saturated rings. The highest BCUT2D eigenvalue weighted by atomic mass is 32.2. The molecule has 0 radical (unpaired) electrons. The molecule has 1 atom stereocenters. The van der Waals surface area contributed by atoms with Crippen molar-refractivity contribution in [3.63, 3.8) is 0 Å². The number of benzene rings is 2. The number of rotatable bonds is 4. The molecule has 0 aliphatic carbocycles. The Morgan fingerprint density at radius 3 is 2.69 bits per heavy atom. The maximum absolute atomic E-state index is 13.2. The van der Waals surface area contributed by atoms with Crippen LogP contribution in [-0.2, 0) is 9.53 Å². The van der Waals surface area contributed by atoms with Gasteiger partial charge in [0.15, 0.2) is 5.76 Å². The summed E-state index contributed by atoms with van der Waals surface area (Å²) < 4.78 is 5.44. The second-order valence-electron chi connectivity index (χ2n) is 8.32. The van der Waals surface area contributed by atoms with Crippen LogP contribution in [0.3, 0.4) is 0 Å². The number of aryl methyl sites for hydroxylation is 2. The Morgan fingerprint density at radius 2 is 1.97 bits per heavy atom. The monoisotopic (exact) mass is 451 g/mol. The van der Waals surface area contributed by atoms with Crippen molar-refractivity contribution in [1.82, 2.24) is 4.90 Å². The summed E-state index contributed by atoms with van der Waals surface area (Å²) in [7, 11) is 0. The molecule has 7 heteroatoms. The molecule has 32 heavy (non-hydrogen) atoms. The number of carbonyl (C=O) groups excluding carboxylic acids is 2. The molecule has 2 aromatic rings. The van der Waals surface area contributed by atoms with E-state index >= 15 is 0 Å². The number of ether oxygens (including phenoxy) is 1. The lowest BCUT2D eigenvalue weighted by atomic mass is 10.1. The molecule has 0 bridgehead atoms. The maximum atomic E-state index is 13.2. The molecule has 2 amide bonds. The second kappa shape index (κ2) is 9.69. The van der Waals surface area contributed by atoms with Crippen LogP contribution in [0.1, 0.15) is 28.4 Å². The predicted octanol–water partition coefficient (Wildman–Crippen LogP) is 4.20. The molecule has 0 aromatic heterocycles. The topological polar surface area (TPSA) is 61.9 Å². The molecule has 1 unspecified atom stereocenters. The fourth-order valence-corrected chi connectivity index (χ4v) is 4.70. The van der Waals surface area contributed by atoms with Crippen molar-refractivity contribution in [2.45, 2.75) is 26.8 Å². The van der Waals surface area contributed by atoms with Gasteiger partial charge in [-0.05, 0) is 56.2 Å². The van der Waals surface area contributed by atoms with E-state index in [0.717, 1.165) is 17.9 Å². The van der Waals surface area contributed by atoms with Gasteiger partial charge < -0.3 is 19.9 Å². The normalized spacial score (nSPS) is 18.6. The summed E-state index contributed by atoms with van der Waals surface area (Å²) in [4.78, 5) is 30.0. The SMILES string of the molecule is Cc1cccc(N2CCN(C(=O)c3ccc(C)c(NC(=O)C4=CSCCO4)c3)CC2C)c1. The first-order chi connectivity index (χ1) is 15.4. The Balaban J connectivity index is 1.45. The van der Waals surface area contributed by atoms with E-state index in [2.05, 4.69) is 48.3 Å². The van der Waals surface area contributed by atoms with E-state index in [1.54, 1.807) is 23.2 Å². The molecule has 6 nitrogen and oxygen atoms in total. The summed E-state index contributed by atoms with van der Waals surface area (Å²) in [6.45, 7) is 8.78.